The van der Waals surface area contributed by atoms with Crippen molar-refractivity contribution in [3.05, 3.63) is 34.9 Å². The van der Waals surface area contributed by atoms with Crippen LogP contribution in [0.2, 0.25) is 0 Å². The number of aldehydes is 1. The Balaban J connectivity index is 3.53. The zero-order valence-corrected chi connectivity index (χ0v) is 15.8. The largest absolute Gasteiger partial charge is 0.302 e. The molecule has 0 spiro atoms. The molecule has 4 heteroatoms. The number of anilines is 1. The summed E-state index contributed by atoms with van der Waals surface area (Å²) in [6, 6.07) is 3.74. The van der Waals surface area contributed by atoms with E-state index in [1.165, 1.54) is 5.57 Å². The van der Waals surface area contributed by atoms with Crippen molar-refractivity contribution >= 4 is 33.1 Å². The van der Waals surface area contributed by atoms with Crippen molar-refractivity contribution in [2.75, 3.05) is 17.1 Å². The minimum atomic E-state index is -2.37. The third-order valence-electron chi connectivity index (χ3n) is 4.11. The first kappa shape index (κ1) is 19.5. The number of nitrogens with zero attached hydrogens (tertiary/aromatic N) is 1. The predicted octanol–water partition coefficient (Wildman–Crippen LogP) is 4.49. The van der Waals surface area contributed by atoms with Crippen molar-refractivity contribution in [1.82, 2.24) is 0 Å². The Morgan fingerprint density at radius 3 is 2.43 bits per heavy atom. The molecule has 0 aliphatic rings. The van der Waals surface area contributed by atoms with E-state index in [0.717, 1.165) is 42.4 Å². The highest BCUT2D eigenvalue weighted by Gasteiger charge is 2.18. The van der Waals surface area contributed by atoms with Gasteiger partial charge in [-0.05, 0) is 61.4 Å². The van der Waals surface area contributed by atoms with Crippen molar-refractivity contribution in [1.29, 1.82) is 0 Å². The minimum Gasteiger partial charge on any atom is -0.302 e. The summed E-state index contributed by atoms with van der Waals surface area (Å²) in [4.78, 5) is 11.4. The molecule has 0 saturated carbocycles. The SMILES string of the molecule is C=S(=O)(CCC)N(C)c1cc(C=O)cc(/C(=C\C)CCC)c1C. The van der Waals surface area contributed by atoms with Crippen molar-refractivity contribution in [3.8, 4) is 0 Å². The molecule has 0 aliphatic carbocycles. The fourth-order valence-electron chi connectivity index (χ4n) is 2.79. The molecule has 0 radical (unpaired) electrons. The van der Waals surface area contributed by atoms with E-state index in [1.54, 1.807) is 11.4 Å². The second kappa shape index (κ2) is 8.34. The van der Waals surface area contributed by atoms with Crippen LogP contribution in [0.15, 0.2) is 18.2 Å². The van der Waals surface area contributed by atoms with Gasteiger partial charge in [-0.1, -0.05) is 26.3 Å². The van der Waals surface area contributed by atoms with Crippen LogP contribution in [0.3, 0.4) is 0 Å². The van der Waals surface area contributed by atoms with Gasteiger partial charge < -0.3 is 4.31 Å². The fourth-order valence-corrected chi connectivity index (χ4v) is 4.25. The molecule has 0 saturated heterocycles. The Morgan fingerprint density at radius 1 is 1.30 bits per heavy atom. The van der Waals surface area contributed by atoms with Crippen LogP contribution in [0.25, 0.3) is 5.57 Å². The molecular formula is C19H29NO2S. The molecule has 3 nitrogen and oxygen atoms in total. The van der Waals surface area contributed by atoms with Crippen molar-refractivity contribution in [2.45, 2.75) is 47.0 Å². The van der Waals surface area contributed by atoms with Crippen molar-refractivity contribution < 1.29 is 9.00 Å². The van der Waals surface area contributed by atoms with Crippen LogP contribution in [-0.2, 0) is 9.71 Å². The maximum atomic E-state index is 12.8. The number of hydrogen-bond acceptors (Lipinski definition) is 2. The minimum absolute atomic E-state index is 0.537. The molecule has 0 heterocycles. The van der Waals surface area contributed by atoms with Gasteiger partial charge in [0.25, 0.3) is 0 Å². The highest BCUT2D eigenvalue weighted by Crippen LogP contribution is 2.32. The summed E-state index contributed by atoms with van der Waals surface area (Å²) in [7, 11) is -0.568. The van der Waals surface area contributed by atoms with Gasteiger partial charge in [0.1, 0.15) is 6.29 Å². The Hall–Kier alpha value is -1.55. The lowest BCUT2D eigenvalue weighted by molar-refractivity contribution is 0.112. The van der Waals surface area contributed by atoms with Crippen LogP contribution in [-0.4, -0.2) is 29.2 Å². The normalized spacial score (nSPS) is 14.4. The van der Waals surface area contributed by atoms with E-state index >= 15 is 0 Å². The quantitative estimate of drug-likeness (QED) is 0.518. The monoisotopic (exact) mass is 335 g/mol. The fraction of sp³-hybridized carbons (Fsp3) is 0.474. The Kier molecular flexibility index (Phi) is 7.07. The van der Waals surface area contributed by atoms with Crippen LogP contribution < -0.4 is 4.31 Å². The molecule has 23 heavy (non-hydrogen) atoms. The third-order valence-corrected chi connectivity index (χ3v) is 6.35. The molecule has 0 aliphatic heterocycles. The number of carbonyl (C=O) groups excluding carboxylic acids is 1. The van der Waals surface area contributed by atoms with Crippen LogP contribution in [0.5, 0.6) is 0 Å². The topological polar surface area (TPSA) is 37.4 Å². The molecule has 1 atom stereocenters. The molecule has 1 aromatic carbocycles. The van der Waals surface area contributed by atoms with Crippen LogP contribution in [0.4, 0.5) is 5.69 Å². The standard InChI is InChI=1S/C19H29NO2S/c1-7-10-17(9-3)18-12-16(14-21)13-19(15(18)4)20(5)23(6,22)11-8-2/h9,12-14H,6-8,10-11H2,1-5H3/b17-9-. The zero-order valence-electron chi connectivity index (χ0n) is 15.0. The van der Waals surface area contributed by atoms with Gasteiger partial charge in [0.2, 0.25) is 0 Å². The molecule has 128 valence electrons. The van der Waals surface area contributed by atoms with Gasteiger partial charge in [0, 0.05) is 28.1 Å². The molecule has 0 N–H and O–H groups in total. The Labute approximate surface area is 141 Å². The second-order valence-electron chi connectivity index (χ2n) is 5.87. The first-order valence-electron chi connectivity index (χ1n) is 8.16. The molecule has 1 aromatic rings. The first-order chi connectivity index (χ1) is 10.8. The highest BCUT2D eigenvalue weighted by atomic mass is 32.2. The molecule has 1 unspecified atom stereocenters. The van der Waals surface area contributed by atoms with Crippen LogP contribution in [0.1, 0.15) is 61.5 Å². The molecule has 0 bridgehead atoms. The van der Waals surface area contributed by atoms with Gasteiger partial charge in [-0.25, -0.2) is 4.21 Å². The lowest BCUT2D eigenvalue weighted by atomic mass is 9.94. The average Bonchev–Trinajstić information content (AvgIpc) is 2.52. The Morgan fingerprint density at radius 2 is 1.96 bits per heavy atom. The second-order valence-corrected chi connectivity index (χ2v) is 8.37. The lowest BCUT2D eigenvalue weighted by Crippen LogP contribution is -2.29. The Bertz CT molecular complexity index is 688. The number of hydrogen-bond donors (Lipinski definition) is 0. The summed E-state index contributed by atoms with van der Waals surface area (Å²) < 4.78 is 14.6. The summed E-state index contributed by atoms with van der Waals surface area (Å²) in [5, 5.41) is 0. The third kappa shape index (κ3) is 4.47. The lowest BCUT2D eigenvalue weighted by Gasteiger charge is -2.27. The average molecular weight is 336 g/mol. The van der Waals surface area contributed by atoms with Crippen molar-refractivity contribution in [2.24, 2.45) is 0 Å². The smallest absolute Gasteiger partial charge is 0.150 e. The summed E-state index contributed by atoms with van der Waals surface area (Å²) in [5.41, 5.74) is 4.76. The van der Waals surface area contributed by atoms with E-state index in [1.807, 2.05) is 32.9 Å². The molecule has 0 fully saturated rings. The maximum Gasteiger partial charge on any atom is 0.150 e. The van der Waals surface area contributed by atoms with E-state index in [-0.39, 0.29) is 0 Å². The summed E-state index contributed by atoms with van der Waals surface area (Å²) in [6.45, 7) is 8.18. The van der Waals surface area contributed by atoms with E-state index in [4.69, 9.17) is 0 Å². The summed E-state index contributed by atoms with van der Waals surface area (Å²) in [5.74, 6) is 4.45. The van der Waals surface area contributed by atoms with Crippen molar-refractivity contribution in [3.63, 3.8) is 0 Å². The maximum absolute atomic E-state index is 12.8. The van der Waals surface area contributed by atoms with E-state index in [0.29, 0.717) is 11.3 Å². The summed E-state index contributed by atoms with van der Waals surface area (Å²) in [6.07, 6.45) is 5.75. The number of benzene rings is 1. The van der Waals surface area contributed by atoms with Gasteiger partial charge in [0.15, 0.2) is 0 Å². The van der Waals surface area contributed by atoms with Gasteiger partial charge in [-0.15, -0.1) is 0 Å². The van der Waals surface area contributed by atoms with Crippen LogP contribution in [0, 0.1) is 6.92 Å². The van der Waals surface area contributed by atoms with Gasteiger partial charge in [0.05, 0.1) is 5.69 Å². The van der Waals surface area contributed by atoms with E-state index in [9.17, 15) is 9.00 Å². The zero-order chi connectivity index (χ0) is 17.6. The van der Waals surface area contributed by atoms with E-state index in [2.05, 4.69) is 18.9 Å². The molecule has 0 amide bonds. The number of carbonyl (C=O) groups is 1. The summed E-state index contributed by atoms with van der Waals surface area (Å²) >= 11 is 0. The molecular weight excluding hydrogens is 306 g/mol. The van der Waals surface area contributed by atoms with E-state index < -0.39 is 9.71 Å². The first-order valence-corrected chi connectivity index (χ1v) is 10.0. The highest BCUT2D eigenvalue weighted by molar-refractivity contribution is 8.01. The number of rotatable bonds is 8. The van der Waals surface area contributed by atoms with Gasteiger partial charge >= 0.3 is 0 Å². The van der Waals surface area contributed by atoms with Gasteiger partial charge in [-0.3, -0.25) is 4.79 Å². The van der Waals surface area contributed by atoms with Gasteiger partial charge in [-0.2, -0.15) is 0 Å². The number of allylic oxidation sites excluding steroid dienone is 2. The molecule has 1 rings (SSSR count). The predicted molar refractivity (Wildman–Crippen MR) is 104 cm³/mol. The molecule has 0 aromatic heterocycles. The van der Waals surface area contributed by atoms with Crippen LogP contribution >= 0.6 is 0 Å².